The molecule has 0 spiro atoms. The molecule has 0 aliphatic heterocycles. The van der Waals surface area contributed by atoms with E-state index in [1.807, 2.05) is 13.8 Å². The smallest absolute Gasteiger partial charge is 0.250 e. The third-order valence-electron chi connectivity index (χ3n) is 2.18. The van der Waals surface area contributed by atoms with Crippen LogP contribution in [-0.2, 0) is 14.3 Å². The van der Waals surface area contributed by atoms with Crippen LogP contribution in [0.5, 0.6) is 0 Å². The SMILES string of the molecule is CC(C)OCCOCC(=O)Nc1cc(N)ccc1Cl. The molecule has 1 amide bonds. The van der Waals surface area contributed by atoms with Crippen molar-refractivity contribution in [1.82, 2.24) is 0 Å². The van der Waals surface area contributed by atoms with Gasteiger partial charge in [-0.3, -0.25) is 4.79 Å². The van der Waals surface area contributed by atoms with Crippen LogP contribution in [-0.4, -0.2) is 31.8 Å². The number of amides is 1. The fraction of sp³-hybridized carbons (Fsp3) is 0.462. The number of rotatable bonds is 7. The molecule has 106 valence electrons. The van der Waals surface area contributed by atoms with Crippen LogP contribution in [0.3, 0.4) is 0 Å². The molecule has 0 aromatic heterocycles. The van der Waals surface area contributed by atoms with E-state index in [0.29, 0.717) is 29.6 Å². The van der Waals surface area contributed by atoms with Gasteiger partial charge in [0.2, 0.25) is 5.91 Å². The summed E-state index contributed by atoms with van der Waals surface area (Å²) >= 11 is 5.93. The Labute approximate surface area is 118 Å². The van der Waals surface area contributed by atoms with Crippen molar-refractivity contribution in [3.05, 3.63) is 23.2 Å². The van der Waals surface area contributed by atoms with Gasteiger partial charge in [0, 0.05) is 5.69 Å². The van der Waals surface area contributed by atoms with Crippen LogP contribution in [0.15, 0.2) is 18.2 Å². The lowest BCUT2D eigenvalue weighted by Crippen LogP contribution is -2.20. The topological polar surface area (TPSA) is 73.6 Å². The van der Waals surface area contributed by atoms with E-state index < -0.39 is 0 Å². The second kappa shape index (κ2) is 7.99. The third kappa shape index (κ3) is 6.42. The zero-order valence-corrected chi connectivity index (χ0v) is 11.9. The molecule has 0 aliphatic rings. The summed E-state index contributed by atoms with van der Waals surface area (Å²) in [5.74, 6) is -0.281. The number of nitrogen functional groups attached to an aromatic ring is 1. The average molecular weight is 287 g/mol. The number of hydrogen-bond donors (Lipinski definition) is 2. The largest absolute Gasteiger partial charge is 0.399 e. The van der Waals surface area contributed by atoms with E-state index in [9.17, 15) is 4.79 Å². The van der Waals surface area contributed by atoms with Crippen LogP contribution >= 0.6 is 11.6 Å². The predicted molar refractivity (Wildman–Crippen MR) is 76.4 cm³/mol. The van der Waals surface area contributed by atoms with Crippen molar-refractivity contribution >= 4 is 28.9 Å². The number of nitrogens with one attached hydrogen (secondary N) is 1. The lowest BCUT2D eigenvalue weighted by Gasteiger charge is -2.09. The monoisotopic (exact) mass is 286 g/mol. The van der Waals surface area contributed by atoms with Crippen molar-refractivity contribution in [3.63, 3.8) is 0 Å². The van der Waals surface area contributed by atoms with Gasteiger partial charge in [-0.15, -0.1) is 0 Å². The minimum atomic E-state index is -0.281. The van der Waals surface area contributed by atoms with Crippen LogP contribution in [0.25, 0.3) is 0 Å². The molecular weight excluding hydrogens is 268 g/mol. The Morgan fingerprint density at radius 2 is 2.16 bits per heavy atom. The Morgan fingerprint density at radius 1 is 1.42 bits per heavy atom. The first-order valence-electron chi connectivity index (χ1n) is 6.03. The van der Waals surface area contributed by atoms with Crippen LogP contribution in [0.1, 0.15) is 13.8 Å². The van der Waals surface area contributed by atoms with Crippen molar-refractivity contribution in [2.24, 2.45) is 0 Å². The number of hydrogen-bond acceptors (Lipinski definition) is 4. The lowest BCUT2D eigenvalue weighted by molar-refractivity contribution is -0.121. The van der Waals surface area contributed by atoms with Crippen molar-refractivity contribution in [2.45, 2.75) is 20.0 Å². The van der Waals surface area contributed by atoms with Crippen LogP contribution in [0.4, 0.5) is 11.4 Å². The highest BCUT2D eigenvalue weighted by Gasteiger charge is 2.06. The summed E-state index contributed by atoms with van der Waals surface area (Å²) in [6, 6.07) is 4.89. The van der Waals surface area contributed by atoms with Gasteiger partial charge in [0.1, 0.15) is 6.61 Å². The molecule has 0 saturated carbocycles. The molecule has 19 heavy (non-hydrogen) atoms. The number of carbonyl (C=O) groups excluding carboxylic acids is 1. The van der Waals surface area contributed by atoms with Crippen molar-refractivity contribution < 1.29 is 14.3 Å². The Kier molecular flexibility index (Phi) is 6.62. The summed E-state index contributed by atoms with van der Waals surface area (Å²) in [6.45, 7) is 4.66. The fourth-order valence-electron chi connectivity index (χ4n) is 1.33. The molecule has 0 atom stereocenters. The van der Waals surface area contributed by atoms with E-state index in [0.717, 1.165) is 0 Å². The quantitative estimate of drug-likeness (QED) is 0.596. The van der Waals surface area contributed by atoms with Crippen molar-refractivity contribution in [1.29, 1.82) is 0 Å². The molecule has 5 nitrogen and oxygen atoms in total. The highest BCUT2D eigenvalue weighted by Crippen LogP contribution is 2.23. The molecule has 0 saturated heterocycles. The predicted octanol–water partition coefficient (Wildman–Crippen LogP) is 2.30. The lowest BCUT2D eigenvalue weighted by atomic mass is 10.3. The molecule has 6 heteroatoms. The first-order valence-corrected chi connectivity index (χ1v) is 6.41. The Hall–Kier alpha value is -1.30. The molecule has 3 N–H and O–H groups in total. The van der Waals surface area contributed by atoms with Gasteiger partial charge in [-0.1, -0.05) is 11.6 Å². The number of benzene rings is 1. The molecule has 0 bridgehead atoms. The van der Waals surface area contributed by atoms with Gasteiger partial charge < -0.3 is 20.5 Å². The van der Waals surface area contributed by atoms with Gasteiger partial charge in [0.05, 0.1) is 30.0 Å². The Balaban J connectivity index is 2.29. The molecule has 0 unspecified atom stereocenters. The highest BCUT2D eigenvalue weighted by molar-refractivity contribution is 6.33. The highest BCUT2D eigenvalue weighted by atomic mass is 35.5. The van der Waals surface area contributed by atoms with Gasteiger partial charge in [-0.2, -0.15) is 0 Å². The van der Waals surface area contributed by atoms with Crippen molar-refractivity contribution in [2.75, 3.05) is 30.9 Å². The molecule has 0 radical (unpaired) electrons. The van der Waals surface area contributed by atoms with Crippen LogP contribution < -0.4 is 11.1 Å². The maximum atomic E-state index is 11.6. The Morgan fingerprint density at radius 3 is 2.84 bits per heavy atom. The van der Waals surface area contributed by atoms with Crippen LogP contribution in [0, 0.1) is 0 Å². The maximum Gasteiger partial charge on any atom is 0.250 e. The molecule has 0 heterocycles. The third-order valence-corrected chi connectivity index (χ3v) is 2.51. The van der Waals surface area contributed by atoms with Gasteiger partial charge >= 0.3 is 0 Å². The van der Waals surface area contributed by atoms with E-state index in [4.69, 9.17) is 26.8 Å². The van der Waals surface area contributed by atoms with Gasteiger partial charge in [-0.05, 0) is 32.0 Å². The fourth-order valence-corrected chi connectivity index (χ4v) is 1.50. The minimum absolute atomic E-state index is 0.0490. The summed E-state index contributed by atoms with van der Waals surface area (Å²) in [5, 5.41) is 3.07. The zero-order valence-electron chi connectivity index (χ0n) is 11.1. The molecular formula is C13H19ClN2O3. The minimum Gasteiger partial charge on any atom is -0.399 e. The second-order valence-corrected chi connectivity index (χ2v) is 4.67. The molecule has 1 rings (SSSR count). The first-order chi connectivity index (χ1) is 8.99. The number of carbonyl (C=O) groups is 1. The molecule has 1 aromatic rings. The second-order valence-electron chi connectivity index (χ2n) is 4.26. The standard InChI is InChI=1S/C13H19ClN2O3/c1-9(2)19-6-5-18-8-13(17)16-12-7-10(15)3-4-11(12)14/h3-4,7,9H,5-6,8,15H2,1-2H3,(H,16,17). The number of ether oxygens (including phenoxy) is 2. The van der Waals surface area contributed by atoms with E-state index in [1.54, 1.807) is 18.2 Å². The van der Waals surface area contributed by atoms with Crippen LogP contribution in [0.2, 0.25) is 5.02 Å². The number of nitrogens with two attached hydrogens (primary N) is 1. The maximum absolute atomic E-state index is 11.6. The number of anilines is 2. The number of halogens is 1. The van der Waals surface area contributed by atoms with E-state index in [-0.39, 0.29) is 18.6 Å². The van der Waals surface area contributed by atoms with E-state index in [2.05, 4.69) is 5.32 Å². The molecule has 0 aliphatic carbocycles. The normalized spacial score (nSPS) is 10.7. The molecule has 0 fully saturated rings. The Bertz CT molecular complexity index is 424. The van der Waals surface area contributed by atoms with Gasteiger partial charge in [0.25, 0.3) is 0 Å². The van der Waals surface area contributed by atoms with Gasteiger partial charge in [0.15, 0.2) is 0 Å². The average Bonchev–Trinajstić information content (AvgIpc) is 2.33. The summed E-state index contributed by atoms with van der Waals surface area (Å²) < 4.78 is 10.5. The summed E-state index contributed by atoms with van der Waals surface area (Å²) in [6.07, 6.45) is 0.156. The summed E-state index contributed by atoms with van der Waals surface area (Å²) in [4.78, 5) is 11.6. The van der Waals surface area contributed by atoms with Gasteiger partial charge in [-0.25, -0.2) is 0 Å². The van der Waals surface area contributed by atoms with E-state index >= 15 is 0 Å². The molecule has 1 aromatic carbocycles. The summed E-state index contributed by atoms with van der Waals surface area (Å²) in [5.41, 5.74) is 6.63. The zero-order chi connectivity index (χ0) is 14.3. The first kappa shape index (κ1) is 15.8. The van der Waals surface area contributed by atoms with Crippen molar-refractivity contribution in [3.8, 4) is 0 Å². The van der Waals surface area contributed by atoms with E-state index in [1.165, 1.54) is 0 Å². The summed E-state index contributed by atoms with van der Waals surface area (Å²) in [7, 11) is 0.